The Morgan fingerprint density at radius 1 is 0.545 bits per heavy atom. The zero-order valence-electron chi connectivity index (χ0n) is 22.2. The quantitative estimate of drug-likeness (QED) is 0.176. The number of aryl methyl sites for hydroxylation is 1. The van der Waals surface area contributed by atoms with Crippen molar-refractivity contribution in [1.29, 1.82) is 0 Å². The smallest absolute Gasteiger partial charge is 0.429 e. The zero-order chi connectivity index (χ0) is 32.0. The van der Waals surface area contributed by atoms with Crippen molar-refractivity contribution in [2.24, 2.45) is 0 Å². The number of pyridine rings is 1. The van der Waals surface area contributed by atoms with E-state index in [1.807, 2.05) is 0 Å². The third-order valence-electron chi connectivity index (χ3n) is 6.58. The van der Waals surface area contributed by atoms with Crippen LogP contribution in [0.4, 0.5) is 43.9 Å². The molecule has 1 aromatic heterocycles. The lowest BCUT2D eigenvalue weighted by Crippen LogP contribution is -2.25. The van der Waals surface area contributed by atoms with Crippen molar-refractivity contribution in [3.8, 4) is 39.3 Å². The molecule has 226 valence electrons. The summed E-state index contributed by atoms with van der Waals surface area (Å²) >= 11 is 0. The van der Waals surface area contributed by atoms with Crippen LogP contribution in [0.2, 0.25) is 0 Å². The predicted octanol–water partition coefficient (Wildman–Crippen LogP) is 10.2. The minimum atomic E-state index is -5.24. The molecule has 0 N–H and O–H groups in total. The van der Waals surface area contributed by atoms with E-state index in [9.17, 15) is 43.9 Å². The van der Waals surface area contributed by atoms with Gasteiger partial charge in [-0.25, -0.2) is 22.0 Å². The molecule has 0 saturated carbocycles. The standard InChI is InChI=1S/C32H17F10NO/c1-16-2-9-28(43-15-16)20-12-26(36)30(27(37)13-20)32(41,42)44-21-7-8-22(23(33)14-21)18-5-3-17(4-6-18)19-10-24(34)29(25(35)11-19)31(38,39)40/h2-15H,1H3. The first kappa shape index (κ1) is 30.6. The molecule has 0 bridgehead atoms. The van der Waals surface area contributed by atoms with Crippen LogP contribution in [0.15, 0.2) is 85.1 Å². The van der Waals surface area contributed by atoms with Crippen LogP contribution in [0.5, 0.6) is 5.75 Å². The molecule has 0 atom stereocenters. The number of aromatic nitrogens is 1. The first-order valence-corrected chi connectivity index (χ1v) is 12.6. The fourth-order valence-corrected chi connectivity index (χ4v) is 4.48. The van der Waals surface area contributed by atoms with Gasteiger partial charge in [0.2, 0.25) is 0 Å². The molecular formula is C32H17F10NO. The highest BCUT2D eigenvalue weighted by Gasteiger charge is 2.41. The Balaban J connectivity index is 1.37. The summed E-state index contributed by atoms with van der Waals surface area (Å²) in [5.74, 6) is -8.68. The van der Waals surface area contributed by atoms with Gasteiger partial charge in [0.1, 0.15) is 46.0 Å². The van der Waals surface area contributed by atoms with Crippen molar-refractivity contribution in [3.63, 3.8) is 0 Å². The molecule has 12 heteroatoms. The van der Waals surface area contributed by atoms with Crippen LogP contribution in [0.25, 0.3) is 33.5 Å². The molecule has 0 aliphatic heterocycles. The molecule has 2 nitrogen and oxygen atoms in total. The summed E-state index contributed by atoms with van der Waals surface area (Å²) < 4.78 is 145. The lowest BCUT2D eigenvalue weighted by molar-refractivity contribution is -0.189. The van der Waals surface area contributed by atoms with E-state index in [1.54, 1.807) is 13.0 Å². The molecule has 1 heterocycles. The molecule has 0 saturated heterocycles. The summed E-state index contributed by atoms with van der Waals surface area (Å²) in [4.78, 5) is 4.01. The Morgan fingerprint density at radius 2 is 1.09 bits per heavy atom. The summed E-state index contributed by atoms with van der Waals surface area (Å²) in [6, 6.07) is 13.1. The Hall–Kier alpha value is -4.87. The highest BCUT2D eigenvalue weighted by atomic mass is 19.4. The van der Waals surface area contributed by atoms with Crippen molar-refractivity contribution >= 4 is 0 Å². The van der Waals surface area contributed by atoms with Gasteiger partial charge in [0.05, 0.1) is 5.69 Å². The monoisotopic (exact) mass is 621 g/mol. The van der Waals surface area contributed by atoms with E-state index in [0.29, 0.717) is 30.3 Å². The molecule has 5 rings (SSSR count). The van der Waals surface area contributed by atoms with Crippen LogP contribution in [0.1, 0.15) is 16.7 Å². The molecule has 0 unspecified atom stereocenters. The van der Waals surface area contributed by atoms with Crippen molar-refractivity contribution in [2.75, 3.05) is 0 Å². The third-order valence-corrected chi connectivity index (χ3v) is 6.58. The Morgan fingerprint density at radius 3 is 1.61 bits per heavy atom. The SMILES string of the molecule is Cc1ccc(-c2cc(F)c(C(F)(F)Oc3ccc(-c4ccc(-c5cc(F)c(C(F)(F)F)c(F)c5)cc4)c(F)c3)c(F)c2)nc1. The summed E-state index contributed by atoms with van der Waals surface area (Å²) in [7, 11) is 0. The summed E-state index contributed by atoms with van der Waals surface area (Å²) in [6.07, 6.45) is -8.35. The average molecular weight is 621 g/mol. The number of ether oxygens (including phenoxy) is 1. The van der Waals surface area contributed by atoms with E-state index < -0.39 is 58.2 Å². The lowest BCUT2D eigenvalue weighted by atomic mass is 9.98. The number of rotatable bonds is 6. The molecule has 0 spiro atoms. The summed E-state index contributed by atoms with van der Waals surface area (Å²) in [5, 5.41) is 0. The van der Waals surface area contributed by atoms with Gasteiger partial charge in [-0.2, -0.15) is 22.0 Å². The normalized spacial score (nSPS) is 12.0. The minimum absolute atomic E-state index is 0.0884. The van der Waals surface area contributed by atoms with Gasteiger partial charge in [0, 0.05) is 23.4 Å². The number of alkyl halides is 5. The van der Waals surface area contributed by atoms with Crippen LogP contribution in [0, 0.1) is 36.0 Å². The van der Waals surface area contributed by atoms with Gasteiger partial charge < -0.3 is 4.74 Å². The van der Waals surface area contributed by atoms with Gasteiger partial charge in [-0.05, 0) is 71.6 Å². The number of nitrogens with zero attached hydrogens (tertiary/aromatic N) is 1. The van der Waals surface area contributed by atoms with Crippen molar-refractivity contribution < 1.29 is 48.6 Å². The average Bonchev–Trinajstić information content (AvgIpc) is 2.91. The fourth-order valence-electron chi connectivity index (χ4n) is 4.48. The van der Waals surface area contributed by atoms with E-state index in [4.69, 9.17) is 0 Å². The van der Waals surface area contributed by atoms with Crippen molar-refractivity contribution in [2.45, 2.75) is 19.2 Å². The molecule has 0 aliphatic carbocycles. The molecule has 0 aliphatic rings. The van der Waals surface area contributed by atoms with E-state index in [2.05, 4.69) is 9.72 Å². The van der Waals surface area contributed by atoms with E-state index in [1.165, 1.54) is 36.5 Å². The van der Waals surface area contributed by atoms with Crippen LogP contribution >= 0.6 is 0 Å². The van der Waals surface area contributed by atoms with Gasteiger partial charge in [0.25, 0.3) is 0 Å². The second-order valence-corrected chi connectivity index (χ2v) is 9.69. The van der Waals surface area contributed by atoms with Crippen molar-refractivity contribution in [3.05, 3.63) is 131 Å². The number of halogens is 10. The predicted molar refractivity (Wildman–Crippen MR) is 141 cm³/mol. The van der Waals surface area contributed by atoms with Crippen LogP contribution < -0.4 is 4.74 Å². The molecule has 0 amide bonds. The second kappa shape index (κ2) is 11.3. The van der Waals surface area contributed by atoms with Gasteiger partial charge in [-0.15, -0.1) is 0 Å². The number of hydrogen-bond donors (Lipinski definition) is 0. The lowest BCUT2D eigenvalue weighted by Gasteiger charge is -2.20. The zero-order valence-corrected chi connectivity index (χ0v) is 22.2. The summed E-state index contributed by atoms with van der Waals surface area (Å²) in [6.45, 7) is 1.74. The minimum Gasteiger partial charge on any atom is -0.429 e. The molecular weight excluding hydrogens is 604 g/mol. The van der Waals surface area contributed by atoms with Crippen molar-refractivity contribution in [1.82, 2.24) is 4.98 Å². The highest BCUT2D eigenvalue weighted by Crippen LogP contribution is 2.39. The topological polar surface area (TPSA) is 22.1 Å². The van der Waals surface area contributed by atoms with Crippen LogP contribution in [-0.2, 0) is 12.3 Å². The first-order chi connectivity index (χ1) is 20.6. The maximum Gasteiger partial charge on any atom is 0.432 e. The Labute approximate surface area is 243 Å². The van der Waals surface area contributed by atoms with E-state index >= 15 is 0 Å². The highest BCUT2D eigenvalue weighted by molar-refractivity contribution is 5.71. The van der Waals surface area contributed by atoms with Crippen LogP contribution in [-0.4, -0.2) is 4.98 Å². The number of benzene rings is 4. The molecule has 4 aromatic carbocycles. The van der Waals surface area contributed by atoms with Crippen LogP contribution in [0.3, 0.4) is 0 Å². The fraction of sp³-hybridized carbons (Fsp3) is 0.0938. The Kier molecular flexibility index (Phi) is 7.87. The second-order valence-electron chi connectivity index (χ2n) is 9.69. The third kappa shape index (κ3) is 6.10. The maximum absolute atomic E-state index is 14.9. The molecule has 0 fully saturated rings. The molecule has 0 radical (unpaired) electrons. The summed E-state index contributed by atoms with van der Waals surface area (Å²) in [5.41, 5.74) is -2.98. The van der Waals surface area contributed by atoms with E-state index in [-0.39, 0.29) is 33.5 Å². The maximum atomic E-state index is 14.9. The first-order valence-electron chi connectivity index (χ1n) is 12.6. The van der Waals surface area contributed by atoms with Gasteiger partial charge >= 0.3 is 12.3 Å². The molecule has 5 aromatic rings. The van der Waals surface area contributed by atoms with E-state index in [0.717, 1.165) is 17.7 Å². The van der Waals surface area contributed by atoms with Gasteiger partial charge in [-0.1, -0.05) is 30.3 Å². The largest absolute Gasteiger partial charge is 0.432 e. The number of hydrogen-bond acceptors (Lipinski definition) is 2. The Bertz CT molecular complexity index is 1800. The van der Waals surface area contributed by atoms with Gasteiger partial charge in [-0.3, -0.25) is 4.98 Å². The van der Waals surface area contributed by atoms with Gasteiger partial charge in [0.15, 0.2) is 0 Å². The molecule has 44 heavy (non-hydrogen) atoms.